The van der Waals surface area contributed by atoms with E-state index in [1.165, 1.54) is 6.42 Å². The number of ether oxygens (including phenoxy) is 1. The Morgan fingerprint density at radius 2 is 2.05 bits per heavy atom. The van der Waals surface area contributed by atoms with E-state index in [0.717, 1.165) is 31.5 Å². The van der Waals surface area contributed by atoms with E-state index in [9.17, 15) is 4.79 Å². The first-order valence-electron chi connectivity index (χ1n) is 7.53. The monoisotopic (exact) mass is 275 g/mol. The second-order valence-corrected chi connectivity index (χ2v) is 5.94. The van der Waals surface area contributed by atoms with E-state index in [1.54, 1.807) is 6.92 Å². The van der Waals surface area contributed by atoms with Crippen LogP contribution in [0.15, 0.2) is 24.3 Å². The van der Waals surface area contributed by atoms with Gasteiger partial charge in [-0.1, -0.05) is 26.0 Å². The lowest BCUT2D eigenvalue weighted by molar-refractivity contribution is 0.100. The van der Waals surface area contributed by atoms with Crippen LogP contribution in [0.2, 0.25) is 0 Å². The van der Waals surface area contributed by atoms with Gasteiger partial charge in [0.05, 0.1) is 5.56 Å². The lowest BCUT2D eigenvalue weighted by atomic mass is 9.89. The van der Waals surface area contributed by atoms with E-state index < -0.39 is 0 Å². The van der Waals surface area contributed by atoms with Gasteiger partial charge in [-0.25, -0.2) is 0 Å². The number of ketones is 1. The molecule has 110 valence electrons. The number of rotatable bonds is 5. The molecular formula is C17H25NO2. The van der Waals surface area contributed by atoms with Gasteiger partial charge >= 0.3 is 0 Å². The number of nitrogens with zero attached hydrogens (tertiary/aromatic N) is 1. The van der Waals surface area contributed by atoms with Crippen molar-refractivity contribution in [3.63, 3.8) is 0 Å². The van der Waals surface area contributed by atoms with E-state index in [1.807, 2.05) is 24.3 Å². The third-order valence-corrected chi connectivity index (χ3v) is 4.35. The summed E-state index contributed by atoms with van der Waals surface area (Å²) in [6.07, 6.45) is 1.27. The summed E-state index contributed by atoms with van der Waals surface area (Å²) in [7, 11) is 0. The fourth-order valence-corrected chi connectivity index (χ4v) is 2.72. The van der Waals surface area contributed by atoms with Crippen LogP contribution in [0.5, 0.6) is 5.75 Å². The first kappa shape index (κ1) is 15.0. The van der Waals surface area contributed by atoms with Gasteiger partial charge in [-0.15, -0.1) is 0 Å². The van der Waals surface area contributed by atoms with Crippen molar-refractivity contribution >= 4 is 5.78 Å². The molecule has 0 amide bonds. The van der Waals surface area contributed by atoms with Crippen LogP contribution in [0.4, 0.5) is 0 Å². The number of benzene rings is 1. The normalized spacial score (nSPS) is 23.6. The molecule has 3 heteroatoms. The van der Waals surface area contributed by atoms with Crippen LogP contribution in [0.3, 0.4) is 0 Å². The molecule has 20 heavy (non-hydrogen) atoms. The molecule has 1 saturated heterocycles. The van der Waals surface area contributed by atoms with Crippen molar-refractivity contribution < 1.29 is 9.53 Å². The summed E-state index contributed by atoms with van der Waals surface area (Å²) in [5, 5.41) is 0. The maximum Gasteiger partial charge on any atom is 0.163 e. The maximum atomic E-state index is 11.5. The molecule has 1 aliphatic heterocycles. The highest BCUT2D eigenvalue weighted by atomic mass is 16.5. The number of Topliss-reactive ketones (excluding diaryl/α,β-unsaturated/α-hetero) is 1. The predicted octanol–water partition coefficient (Wildman–Crippen LogP) is 3.25. The molecule has 1 aliphatic rings. The number of carbonyl (C=O) groups is 1. The number of piperidine rings is 1. The molecule has 2 atom stereocenters. The Morgan fingerprint density at radius 3 is 2.75 bits per heavy atom. The molecule has 1 aromatic carbocycles. The van der Waals surface area contributed by atoms with E-state index in [2.05, 4.69) is 18.7 Å². The topological polar surface area (TPSA) is 29.5 Å². The first-order chi connectivity index (χ1) is 9.58. The Morgan fingerprint density at radius 1 is 1.30 bits per heavy atom. The Balaban J connectivity index is 1.83. The van der Waals surface area contributed by atoms with Gasteiger partial charge in [-0.3, -0.25) is 9.69 Å². The molecule has 2 rings (SSSR count). The van der Waals surface area contributed by atoms with Crippen LogP contribution >= 0.6 is 0 Å². The van der Waals surface area contributed by atoms with Crippen LogP contribution < -0.4 is 4.74 Å². The number of hydrogen-bond donors (Lipinski definition) is 0. The SMILES string of the molecule is CC(=O)c1ccccc1OCCN1CCC(C)C(C)C1. The highest BCUT2D eigenvalue weighted by molar-refractivity contribution is 5.96. The molecule has 0 aliphatic carbocycles. The predicted molar refractivity (Wildman–Crippen MR) is 81.3 cm³/mol. The molecule has 1 fully saturated rings. The molecule has 0 bridgehead atoms. The summed E-state index contributed by atoms with van der Waals surface area (Å²) in [5.74, 6) is 2.35. The van der Waals surface area contributed by atoms with Gasteiger partial charge in [0, 0.05) is 13.1 Å². The largest absolute Gasteiger partial charge is 0.491 e. The smallest absolute Gasteiger partial charge is 0.163 e. The molecule has 1 aromatic rings. The van der Waals surface area contributed by atoms with E-state index in [-0.39, 0.29) is 5.78 Å². The first-order valence-corrected chi connectivity index (χ1v) is 7.53. The molecule has 1 heterocycles. The Kier molecular flexibility index (Phi) is 5.18. The van der Waals surface area contributed by atoms with Gasteiger partial charge in [-0.05, 0) is 43.9 Å². The minimum atomic E-state index is 0.0565. The molecular weight excluding hydrogens is 250 g/mol. The fraction of sp³-hybridized carbons (Fsp3) is 0.588. The average molecular weight is 275 g/mol. The zero-order valence-electron chi connectivity index (χ0n) is 12.8. The molecule has 0 spiro atoms. The van der Waals surface area contributed by atoms with Crippen LogP contribution in [0.25, 0.3) is 0 Å². The lowest BCUT2D eigenvalue weighted by Crippen LogP contribution is -2.40. The van der Waals surface area contributed by atoms with Crippen molar-refractivity contribution in [1.82, 2.24) is 4.90 Å². The zero-order chi connectivity index (χ0) is 14.5. The van der Waals surface area contributed by atoms with Crippen molar-refractivity contribution in [2.45, 2.75) is 27.2 Å². The maximum absolute atomic E-state index is 11.5. The number of hydrogen-bond acceptors (Lipinski definition) is 3. The summed E-state index contributed by atoms with van der Waals surface area (Å²) in [4.78, 5) is 14.0. The summed E-state index contributed by atoms with van der Waals surface area (Å²) in [6.45, 7) is 10.1. The van der Waals surface area contributed by atoms with Gasteiger partial charge in [0.2, 0.25) is 0 Å². The van der Waals surface area contributed by atoms with Gasteiger partial charge in [0.15, 0.2) is 5.78 Å². The zero-order valence-corrected chi connectivity index (χ0v) is 12.8. The minimum Gasteiger partial charge on any atom is -0.491 e. The van der Waals surface area contributed by atoms with Crippen molar-refractivity contribution in [3.05, 3.63) is 29.8 Å². The molecule has 0 radical (unpaired) electrons. The van der Waals surface area contributed by atoms with Crippen LogP contribution in [0, 0.1) is 11.8 Å². The van der Waals surface area contributed by atoms with Crippen LogP contribution in [-0.2, 0) is 0 Å². The van der Waals surface area contributed by atoms with Crippen molar-refractivity contribution in [2.24, 2.45) is 11.8 Å². The molecule has 2 unspecified atom stereocenters. The fourth-order valence-electron chi connectivity index (χ4n) is 2.72. The van der Waals surface area contributed by atoms with Gasteiger partial charge in [0.1, 0.15) is 12.4 Å². The Bertz CT molecular complexity index is 458. The highest BCUT2D eigenvalue weighted by Crippen LogP contribution is 2.22. The molecule has 0 aromatic heterocycles. The standard InChI is InChI=1S/C17H25NO2/c1-13-8-9-18(12-14(13)2)10-11-20-17-7-5-4-6-16(17)15(3)19/h4-7,13-14H,8-12H2,1-3H3. The molecule has 0 N–H and O–H groups in total. The number of carbonyl (C=O) groups excluding carboxylic acids is 1. The Hall–Kier alpha value is -1.35. The average Bonchev–Trinajstić information content (AvgIpc) is 2.43. The van der Waals surface area contributed by atoms with Gasteiger partial charge < -0.3 is 4.74 Å². The van der Waals surface area contributed by atoms with E-state index in [0.29, 0.717) is 17.9 Å². The summed E-state index contributed by atoms with van der Waals surface area (Å²) in [5.41, 5.74) is 0.674. The van der Waals surface area contributed by atoms with E-state index in [4.69, 9.17) is 4.74 Å². The van der Waals surface area contributed by atoms with Crippen LogP contribution in [0.1, 0.15) is 37.6 Å². The third kappa shape index (κ3) is 3.83. The lowest BCUT2D eigenvalue weighted by Gasteiger charge is -2.35. The summed E-state index contributed by atoms with van der Waals surface area (Å²) >= 11 is 0. The van der Waals surface area contributed by atoms with Gasteiger partial charge in [-0.2, -0.15) is 0 Å². The second kappa shape index (κ2) is 6.89. The van der Waals surface area contributed by atoms with Crippen molar-refractivity contribution in [1.29, 1.82) is 0 Å². The third-order valence-electron chi connectivity index (χ3n) is 4.35. The quantitative estimate of drug-likeness (QED) is 0.773. The summed E-state index contributed by atoms with van der Waals surface area (Å²) in [6, 6.07) is 7.48. The number of para-hydroxylation sites is 1. The van der Waals surface area contributed by atoms with E-state index >= 15 is 0 Å². The van der Waals surface area contributed by atoms with Crippen molar-refractivity contribution in [2.75, 3.05) is 26.2 Å². The molecule has 3 nitrogen and oxygen atoms in total. The second-order valence-electron chi connectivity index (χ2n) is 5.94. The van der Waals surface area contributed by atoms with Crippen molar-refractivity contribution in [3.8, 4) is 5.75 Å². The highest BCUT2D eigenvalue weighted by Gasteiger charge is 2.22. The molecule has 0 saturated carbocycles. The Labute approximate surface area is 121 Å². The summed E-state index contributed by atoms with van der Waals surface area (Å²) < 4.78 is 5.80. The minimum absolute atomic E-state index is 0.0565. The number of likely N-dealkylation sites (tertiary alicyclic amines) is 1. The van der Waals surface area contributed by atoms with Gasteiger partial charge in [0.25, 0.3) is 0 Å². The van der Waals surface area contributed by atoms with Crippen LogP contribution in [-0.4, -0.2) is 36.9 Å².